The van der Waals surface area contributed by atoms with Gasteiger partial charge in [0.2, 0.25) is 5.91 Å². The van der Waals surface area contributed by atoms with Crippen molar-refractivity contribution in [2.24, 2.45) is 16.8 Å². The first-order valence-electron chi connectivity index (χ1n) is 6.50. The van der Waals surface area contributed by atoms with Gasteiger partial charge >= 0.3 is 0 Å². The summed E-state index contributed by atoms with van der Waals surface area (Å²) in [5.74, 6) is 0.932. The van der Waals surface area contributed by atoms with Crippen LogP contribution in [-0.4, -0.2) is 24.8 Å². The molecule has 0 spiro atoms. The van der Waals surface area contributed by atoms with E-state index in [0.29, 0.717) is 19.6 Å². The molecule has 2 rings (SSSR count). The molecule has 5 heteroatoms. The number of carbonyl (C=O) groups is 1. The molecule has 1 aliphatic rings. The Morgan fingerprint density at radius 2 is 2.16 bits per heavy atom. The highest BCUT2D eigenvalue weighted by atomic mass is 16.5. The summed E-state index contributed by atoms with van der Waals surface area (Å²) in [4.78, 5) is 11.2. The van der Waals surface area contributed by atoms with E-state index in [4.69, 9.17) is 10.5 Å². The van der Waals surface area contributed by atoms with Crippen molar-refractivity contribution in [3.05, 3.63) is 29.8 Å². The van der Waals surface area contributed by atoms with Crippen molar-refractivity contribution in [1.29, 1.82) is 0 Å². The van der Waals surface area contributed by atoms with Gasteiger partial charge in [0.05, 0.1) is 12.3 Å². The fourth-order valence-electron chi connectivity index (χ4n) is 2.00. The molecular weight excluding hydrogens is 242 g/mol. The van der Waals surface area contributed by atoms with Gasteiger partial charge in [-0.25, -0.2) is 5.43 Å². The van der Waals surface area contributed by atoms with Crippen LogP contribution in [0.1, 0.15) is 25.3 Å². The topological polar surface area (TPSA) is 76.7 Å². The highest BCUT2D eigenvalue weighted by molar-refractivity contribution is 6.05. The van der Waals surface area contributed by atoms with E-state index >= 15 is 0 Å². The lowest BCUT2D eigenvalue weighted by molar-refractivity contribution is -0.121. The summed E-state index contributed by atoms with van der Waals surface area (Å²) in [7, 11) is 0. The number of hydrogen-bond acceptors (Lipinski definition) is 4. The van der Waals surface area contributed by atoms with E-state index in [9.17, 15) is 4.79 Å². The lowest BCUT2D eigenvalue weighted by Crippen LogP contribution is -2.31. The van der Waals surface area contributed by atoms with E-state index in [1.807, 2.05) is 31.2 Å². The van der Waals surface area contributed by atoms with Crippen molar-refractivity contribution < 1.29 is 9.53 Å². The lowest BCUT2D eigenvalue weighted by atomic mass is 9.94. The zero-order chi connectivity index (χ0) is 13.7. The van der Waals surface area contributed by atoms with E-state index < -0.39 is 0 Å². The normalized spacial score (nSPS) is 18.7. The quantitative estimate of drug-likeness (QED) is 0.784. The minimum atomic E-state index is -0.0296. The first kappa shape index (κ1) is 13.5. The molecule has 3 N–H and O–H groups in total. The van der Waals surface area contributed by atoms with E-state index in [-0.39, 0.29) is 11.8 Å². The summed E-state index contributed by atoms with van der Waals surface area (Å²) in [6.45, 7) is 3.26. The van der Waals surface area contributed by atoms with E-state index in [0.717, 1.165) is 23.4 Å². The van der Waals surface area contributed by atoms with Gasteiger partial charge in [-0.15, -0.1) is 0 Å². The van der Waals surface area contributed by atoms with Crippen LogP contribution in [0.25, 0.3) is 0 Å². The molecule has 1 aromatic rings. The Bertz CT molecular complexity index is 468. The summed E-state index contributed by atoms with van der Waals surface area (Å²) in [6.07, 6.45) is 1.32. The first-order chi connectivity index (χ1) is 9.20. The molecule has 0 bridgehead atoms. The van der Waals surface area contributed by atoms with Crippen LogP contribution >= 0.6 is 0 Å². The summed E-state index contributed by atoms with van der Waals surface area (Å²) in [6, 6.07) is 7.75. The largest absolute Gasteiger partial charge is 0.494 e. The maximum atomic E-state index is 11.2. The van der Waals surface area contributed by atoms with Crippen LogP contribution < -0.4 is 15.9 Å². The molecule has 0 aliphatic carbocycles. The lowest BCUT2D eigenvalue weighted by Gasteiger charge is -2.19. The van der Waals surface area contributed by atoms with Gasteiger partial charge in [-0.3, -0.25) is 4.79 Å². The Morgan fingerprint density at radius 3 is 2.79 bits per heavy atom. The molecule has 0 aromatic heterocycles. The molecule has 0 saturated heterocycles. The van der Waals surface area contributed by atoms with E-state index in [1.165, 1.54) is 0 Å². The number of nitrogens with zero attached hydrogens (tertiary/aromatic N) is 1. The van der Waals surface area contributed by atoms with Crippen molar-refractivity contribution in [2.75, 3.05) is 13.2 Å². The zero-order valence-corrected chi connectivity index (χ0v) is 11.1. The van der Waals surface area contributed by atoms with Crippen LogP contribution in [-0.2, 0) is 4.79 Å². The van der Waals surface area contributed by atoms with E-state index in [1.54, 1.807) is 0 Å². The van der Waals surface area contributed by atoms with Crippen LogP contribution in [0, 0.1) is 5.92 Å². The van der Waals surface area contributed by atoms with Gasteiger partial charge < -0.3 is 10.5 Å². The summed E-state index contributed by atoms with van der Waals surface area (Å²) in [5.41, 5.74) is 9.85. The van der Waals surface area contributed by atoms with Crippen molar-refractivity contribution in [2.45, 2.75) is 19.8 Å². The fourth-order valence-corrected chi connectivity index (χ4v) is 2.00. The number of ether oxygens (including phenoxy) is 1. The molecule has 1 aliphatic heterocycles. The number of nitrogens with two attached hydrogens (primary N) is 1. The number of rotatable bonds is 5. The number of nitrogens with one attached hydrogen (secondary N) is 1. The Kier molecular flexibility index (Phi) is 4.52. The summed E-state index contributed by atoms with van der Waals surface area (Å²) < 4.78 is 5.54. The third-order valence-electron chi connectivity index (χ3n) is 3.03. The van der Waals surface area contributed by atoms with Gasteiger partial charge in [0.25, 0.3) is 0 Å². The third kappa shape index (κ3) is 3.54. The van der Waals surface area contributed by atoms with Gasteiger partial charge in [0.15, 0.2) is 0 Å². The third-order valence-corrected chi connectivity index (χ3v) is 3.03. The standard InChI is InChI=1S/C14H19N3O2/c1-10-9-13(18)16-17-14(10)11-3-5-12(6-4-11)19-8-2-7-15/h3-6,10H,2,7-9,15H2,1H3,(H,16,18). The van der Waals surface area contributed by atoms with Crippen molar-refractivity contribution in [1.82, 2.24) is 5.43 Å². The molecule has 19 heavy (non-hydrogen) atoms. The van der Waals surface area contributed by atoms with Crippen molar-refractivity contribution in [3.8, 4) is 5.75 Å². The first-order valence-corrected chi connectivity index (χ1v) is 6.50. The van der Waals surface area contributed by atoms with Gasteiger partial charge in [0, 0.05) is 12.3 Å². The predicted octanol–water partition coefficient (Wildman–Crippen LogP) is 1.27. The van der Waals surface area contributed by atoms with E-state index in [2.05, 4.69) is 10.5 Å². The Labute approximate surface area is 112 Å². The molecule has 0 saturated carbocycles. The molecule has 1 heterocycles. The molecular formula is C14H19N3O2. The average Bonchev–Trinajstić information content (AvgIpc) is 2.40. The van der Waals surface area contributed by atoms with Crippen LogP contribution in [0.2, 0.25) is 0 Å². The summed E-state index contributed by atoms with van der Waals surface area (Å²) >= 11 is 0. The second kappa shape index (κ2) is 6.33. The maximum absolute atomic E-state index is 11.2. The Hall–Kier alpha value is -1.88. The van der Waals surface area contributed by atoms with Gasteiger partial charge in [-0.2, -0.15) is 5.10 Å². The fraction of sp³-hybridized carbons (Fsp3) is 0.429. The number of hydrazone groups is 1. The van der Waals surface area contributed by atoms with Crippen molar-refractivity contribution in [3.63, 3.8) is 0 Å². The minimum absolute atomic E-state index is 0.0296. The zero-order valence-electron chi connectivity index (χ0n) is 11.1. The van der Waals surface area contributed by atoms with Crippen LogP contribution in [0.15, 0.2) is 29.4 Å². The SMILES string of the molecule is CC1CC(=O)NN=C1c1ccc(OCCCN)cc1. The highest BCUT2D eigenvalue weighted by Crippen LogP contribution is 2.19. The van der Waals surface area contributed by atoms with Crippen LogP contribution in [0.4, 0.5) is 0 Å². The van der Waals surface area contributed by atoms with Crippen LogP contribution in [0.5, 0.6) is 5.75 Å². The van der Waals surface area contributed by atoms with Gasteiger partial charge in [0.1, 0.15) is 5.75 Å². The second-order valence-corrected chi connectivity index (χ2v) is 4.65. The maximum Gasteiger partial charge on any atom is 0.240 e. The molecule has 1 aromatic carbocycles. The Morgan fingerprint density at radius 1 is 1.42 bits per heavy atom. The van der Waals surface area contributed by atoms with Crippen LogP contribution in [0.3, 0.4) is 0 Å². The van der Waals surface area contributed by atoms with Crippen molar-refractivity contribution >= 4 is 11.6 Å². The molecule has 1 amide bonds. The molecule has 0 radical (unpaired) electrons. The molecule has 102 valence electrons. The number of benzene rings is 1. The number of hydrogen-bond donors (Lipinski definition) is 2. The molecule has 5 nitrogen and oxygen atoms in total. The Balaban J connectivity index is 2.04. The smallest absolute Gasteiger partial charge is 0.240 e. The molecule has 0 fully saturated rings. The second-order valence-electron chi connectivity index (χ2n) is 4.65. The van der Waals surface area contributed by atoms with Gasteiger partial charge in [-0.1, -0.05) is 6.92 Å². The number of carbonyl (C=O) groups excluding carboxylic acids is 1. The monoisotopic (exact) mass is 261 g/mol. The molecule has 1 atom stereocenters. The highest BCUT2D eigenvalue weighted by Gasteiger charge is 2.21. The minimum Gasteiger partial charge on any atom is -0.494 e. The number of amides is 1. The summed E-state index contributed by atoms with van der Waals surface area (Å²) in [5, 5.41) is 4.13. The molecule has 1 unspecified atom stereocenters. The predicted molar refractivity (Wildman–Crippen MR) is 74.1 cm³/mol. The van der Waals surface area contributed by atoms with Gasteiger partial charge in [-0.05, 0) is 42.8 Å². The average molecular weight is 261 g/mol.